The number of phosphoric acid groups is 1. The Balaban J connectivity index is 4.07. The van der Waals surface area contributed by atoms with Gasteiger partial charge in [0, 0.05) is 6.42 Å². The van der Waals surface area contributed by atoms with E-state index >= 15 is 0 Å². The number of nitrogens with zero attached hydrogens (tertiary/aromatic N) is 1. The van der Waals surface area contributed by atoms with Gasteiger partial charge in [-0.15, -0.1) is 0 Å². The molecule has 0 spiro atoms. The van der Waals surface area contributed by atoms with Crippen molar-refractivity contribution in [1.82, 2.24) is 5.32 Å². The molecule has 1 amide bonds. The van der Waals surface area contributed by atoms with E-state index in [-0.39, 0.29) is 19.1 Å². The lowest BCUT2D eigenvalue weighted by atomic mass is 10.0. The summed E-state index contributed by atoms with van der Waals surface area (Å²) in [5.74, 6) is -0.172. The van der Waals surface area contributed by atoms with Crippen molar-refractivity contribution in [2.45, 2.75) is 276 Å². The van der Waals surface area contributed by atoms with Gasteiger partial charge >= 0.3 is 0 Å². The maximum atomic E-state index is 13.0. The summed E-state index contributed by atoms with van der Waals surface area (Å²) in [7, 11) is 1.29. The Morgan fingerprint density at radius 3 is 1.13 bits per heavy atom. The molecule has 0 aromatic heterocycles. The molecule has 0 aliphatic heterocycles. The van der Waals surface area contributed by atoms with E-state index in [1.165, 1.54) is 128 Å². The summed E-state index contributed by atoms with van der Waals surface area (Å²) in [5, 5.41) is 14.0. The summed E-state index contributed by atoms with van der Waals surface area (Å²) < 4.78 is 23.4. The van der Waals surface area contributed by atoms with Crippen molar-refractivity contribution in [1.29, 1.82) is 0 Å². The number of aliphatic hydroxyl groups is 1. The van der Waals surface area contributed by atoms with Crippen LogP contribution in [0, 0.1) is 0 Å². The minimum absolute atomic E-state index is 0.00674. The molecule has 0 rings (SSSR count). The molecule has 0 bridgehead atoms. The van der Waals surface area contributed by atoms with Crippen molar-refractivity contribution in [2.75, 3.05) is 40.9 Å². The number of unbranched alkanes of at least 4 members (excludes halogenated alkanes) is 25. The molecule has 8 nitrogen and oxygen atoms in total. The fraction of sp³-hybridized carbons (Fsp3) is 0.700. The van der Waals surface area contributed by atoms with Gasteiger partial charge in [0.05, 0.1) is 39.9 Å². The summed E-state index contributed by atoms with van der Waals surface area (Å²) in [6.45, 7) is 4.61. The average molecular weight is 1120 g/mol. The number of aliphatic hydroxyl groups excluding tert-OH is 1. The number of hydrogen-bond donors (Lipinski definition) is 2. The van der Waals surface area contributed by atoms with Gasteiger partial charge in [0.2, 0.25) is 5.91 Å². The lowest BCUT2D eigenvalue weighted by Gasteiger charge is -2.30. The fourth-order valence-electron chi connectivity index (χ4n) is 8.95. The zero-order chi connectivity index (χ0) is 57.7. The maximum Gasteiger partial charge on any atom is 0.268 e. The SMILES string of the molecule is CC/C=C\C/C=C\C/C=C\C/C=C\C/C=C\C/C=C\C/C=C\C/C=C\C/C=C\C/C=C\CCCCCCCCCCCCC(=O)NC(COP(=O)([O-])OCC[N+](C)(C)C)C(O)CCCCCCCCCCCCCCCCCC. The molecule has 9 heteroatoms. The standard InChI is InChI=1S/C70H123N2O6P/c1-6-8-10-12-14-16-18-20-22-24-25-26-27-28-29-30-31-32-33-34-35-36-37-38-39-40-41-42-43-44-45-46-47-48-50-52-54-56-58-60-62-64-70(74)71-68(67-78-79(75,76)77-66-65-72(3,4)5)69(73)63-61-59-57-55-53-51-49-23-21-19-17-15-13-11-9-7-2/h8,10,14,16,20,22,25-26,28-29,31-32,34-35,37-38,40-41,43-44,68-69,73H,6-7,9,11-13,15,17-19,21,23-24,27,30,33,36,39,42,45-67H2,1-5H3,(H-,71,74,75,76)/b10-8-,16-14-,22-20-,26-25-,29-28-,32-31-,35-34-,38-37-,41-40-,44-43-. The van der Waals surface area contributed by atoms with Crippen LogP contribution in [0.25, 0.3) is 0 Å². The molecular formula is C70H123N2O6P. The minimum Gasteiger partial charge on any atom is -0.756 e. The topological polar surface area (TPSA) is 108 Å². The van der Waals surface area contributed by atoms with E-state index in [2.05, 4.69) is 141 Å². The van der Waals surface area contributed by atoms with E-state index in [1.807, 2.05) is 21.1 Å². The first-order valence-corrected chi connectivity index (χ1v) is 33.8. The van der Waals surface area contributed by atoms with Crippen LogP contribution >= 0.6 is 7.82 Å². The normalized spacial score (nSPS) is 14.6. The van der Waals surface area contributed by atoms with Gasteiger partial charge < -0.3 is 28.8 Å². The lowest BCUT2D eigenvalue weighted by Crippen LogP contribution is -2.46. The highest BCUT2D eigenvalue weighted by Crippen LogP contribution is 2.38. The third-order valence-corrected chi connectivity index (χ3v) is 14.9. The third kappa shape index (κ3) is 62.4. The Bertz CT molecular complexity index is 1700. The van der Waals surface area contributed by atoms with Crippen LogP contribution in [0.5, 0.6) is 0 Å². The van der Waals surface area contributed by atoms with Gasteiger partial charge in [-0.05, 0) is 89.9 Å². The second-order valence-electron chi connectivity index (χ2n) is 22.7. The lowest BCUT2D eigenvalue weighted by molar-refractivity contribution is -0.870. The van der Waals surface area contributed by atoms with Crippen LogP contribution in [0.4, 0.5) is 0 Å². The van der Waals surface area contributed by atoms with Gasteiger partial charge in [0.15, 0.2) is 0 Å². The number of quaternary nitrogens is 1. The summed E-state index contributed by atoms with van der Waals surface area (Å²) in [4.78, 5) is 25.6. The molecule has 0 radical (unpaired) electrons. The second kappa shape index (κ2) is 59.5. The summed E-state index contributed by atoms with van der Waals surface area (Å²) in [5.41, 5.74) is 0. The number of nitrogens with one attached hydrogen (secondary N) is 1. The molecule has 454 valence electrons. The highest BCUT2D eigenvalue weighted by atomic mass is 31.2. The highest BCUT2D eigenvalue weighted by Gasteiger charge is 2.24. The van der Waals surface area contributed by atoms with Crippen molar-refractivity contribution in [3.63, 3.8) is 0 Å². The molecule has 0 aliphatic rings. The molecule has 2 N–H and O–H groups in total. The number of carbonyl (C=O) groups is 1. The molecule has 0 aliphatic carbocycles. The summed E-state index contributed by atoms with van der Waals surface area (Å²) in [6, 6.07) is -0.810. The second-order valence-corrected chi connectivity index (χ2v) is 24.2. The van der Waals surface area contributed by atoms with Crippen LogP contribution in [0.1, 0.15) is 264 Å². The quantitative estimate of drug-likeness (QED) is 0.0272. The van der Waals surface area contributed by atoms with E-state index in [0.717, 1.165) is 109 Å². The average Bonchev–Trinajstić information content (AvgIpc) is 3.42. The van der Waals surface area contributed by atoms with Crippen LogP contribution in [0.15, 0.2) is 122 Å². The molecular weight excluding hydrogens is 996 g/mol. The molecule has 0 aromatic rings. The van der Waals surface area contributed by atoms with Crippen molar-refractivity contribution in [2.24, 2.45) is 0 Å². The molecule has 79 heavy (non-hydrogen) atoms. The number of allylic oxidation sites excluding steroid dienone is 20. The number of carbonyl (C=O) groups excluding carboxylic acids is 1. The van der Waals surface area contributed by atoms with Crippen LogP contribution in [-0.4, -0.2) is 68.5 Å². The minimum atomic E-state index is -4.58. The smallest absolute Gasteiger partial charge is 0.268 e. The Morgan fingerprint density at radius 2 is 0.772 bits per heavy atom. The number of phosphoric ester groups is 1. The first kappa shape index (κ1) is 75.9. The van der Waals surface area contributed by atoms with Crippen molar-refractivity contribution in [3.05, 3.63) is 122 Å². The zero-order valence-electron chi connectivity index (χ0n) is 51.8. The Kier molecular flexibility index (Phi) is 57.2. The fourth-order valence-corrected chi connectivity index (χ4v) is 9.67. The Labute approximate surface area is 488 Å². The maximum absolute atomic E-state index is 13.0. The number of likely N-dealkylation sites (N-methyl/N-ethyl adjacent to an activating group) is 1. The van der Waals surface area contributed by atoms with Crippen LogP contribution in [0.2, 0.25) is 0 Å². The highest BCUT2D eigenvalue weighted by molar-refractivity contribution is 7.45. The van der Waals surface area contributed by atoms with E-state index in [4.69, 9.17) is 9.05 Å². The largest absolute Gasteiger partial charge is 0.756 e. The number of amides is 1. The number of hydrogen-bond acceptors (Lipinski definition) is 6. The van der Waals surface area contributed by atoms with Crippen molar-refractivity contribution >= 4 is 13.7 Å². The van der Waals surface area contributed by atoms with Gasteiger partial charge in [-0.3, -0.25) is 9.36 Å². The van der Waals surface area contributed by atoms with E-state index < -0.39 is 20.0 Å². The molecule has 0 saturated heterocycles. The van der Waals surface area contributed by atoms with Crippen molar-refractivity contribution < 1.29 is 32.9 Å². The Hall–Kier alpha value is -3.10. The van der Waals surface area contributed by atoms with Gasteiger partial charge in [0.1, 0.15) is 13.2 Å². The zero-order valence-corrected chi connectivity index (χ0v) is 52.7. The van der Waals surface area contributed by atoms with E-state index in [9.17, 15) is 19.4 Å². The molecule has 3 unspecified atom stereocenters. The molecule has 0 aromatic carbocycles. The van der Waals surface area contributed by atoms with E-state index in [1.54, 1.807) is 0 Å². The monoisotopic (exact) mass is 1120 g/mol. The predicted octanol–water partition coefficient (Wildman–Crippen LogP) is 19.9. The third-order valence-electron chi connectivity index (χ3n) is 14.0. The summed E-state index contributed by atoms with van der Waals surface area (Å²) in [6.07, 6.45) is 88.2. The molecule has 3 atom stereocenters. The molecule has 0 heterocycles. The van der Waals surface area contributed by atoms with E-state index in [0.29, 0.717) is 23.9 Å². The molecule has 0 fully saturated rings. The van der Waals surface area contributed by atoms with Gasteiger partial charge in [-0.25, -0.2) is 0 Å². The first-order valence-electron chi connectivity index (χ1n) is 32.4. The van der Waals surface area contributed by atoms with Gasteiger partial charge in [-0.1, -0.05) is 289 Å². The van der Waals surface area contributed by atoms with Crippen molar-refractivity contribution in [3.8, 4) is 0 Å². The van der Waals surface area contributed by atoms with Crippen LogP contribution in [-0.2, 0) is 18.4 Å². The summed E-state index contributed by atoms with van der Waals surface area (Å²) >= 11 is 0. The first-order chi connectivity index (χ1) is 38.5. The Morgan fingerprint density at radius 1 is 0.456 bits per heavy atom. The van der Waals surface area contributed by atoms with Gasteiger partial charge in [-0.2, -0.15) is 0 Å². The predicted molar refractivity (Wildman–Crippen MR) is 343 cm³/mol. The van der Waals surface area contributed by atoms with Crippen LogP contribution in [0.3, 0.4) is 0 Å². The molecule has 0 saturated carbocycles. The van der Waals surface area contributed by atoms with Gasteiger partial charge in [0.25, 0.3) is 7.82 Å². The number of rotatable bonds is 58. The van der Waals surface area contributed by atoms with Crippen LogP contribution < -0.4 is 10.2 Å².